The Bertz CT molecular complexity index is 350. The summed E-state index contributed by atoms with van der Waals surface area (Å²) in [5, 5.41) is 8.38. The van der Waals surface area contributed by atoms with Crippen molar-refractivity contribution in [2.75, 3.05) is 11.5 Å². The highest BCUT2D eigenvalue weighted by Gasteiger charge is 2.10. The molecule has 0 radical (unpaired) electrons. The molecule has 0 aliphatic rings. The van der Waals surface area contributed by atoms with Crippen LogP contribution in [0.15, 0.2) is 0 Å². The first-order valence-electron chi connectivity index (χ1n) is 5.54. The van der Waals surface area contributed by atoms with Crippen molar-refractivity contribution in [3.05, 3.63) is 0 Å². The van der Waals surface area contributed by atoms with Gasteiger partial charge in [-0.3, -0.25) is 9.59 Å². The number of nitrogens with two attached hydrogens (primary N) is 1. The number of carbonyl (C=O) groups excluding carboxylic acids is 1. The summed E-state index contributed by atoms with van der Waals surface area (Å²) >= 11 is 0. The number of amides is 1. The van der Waals surface area contributed by atoms with Gasteiger partial charge in [0.05, 0.1) is 11.5 Å². The quantitative estimate of drug-likeness (QED) is 0.552. The van der Waals surface area contributed by atoms with Gasteiger partial charge in [-0.1, -0.05) is 6.42 Å². The van der Waals surface area contributed by atoms with Crippen LogP contribution in [0.1, 0.15) is 38.5 Å². The predicted octanol–water partition coefficient (Wildman–Crippen LogP) is 0.312. The highest BCUT2D eigenvalue weighted by atomic mass is 32.2. The third-order valence-corrected chi connectivity index (χ3v) is 4.05. The Morgan fingerprint density at radius 2 is 1.53 bits per heavy atom. The first kappa shape index (κ1) is 15.9. The lowest BCUT2D eigenvalue weighted by Crippen LogP contribution is -2.15. The maximum absolute atomic E-state index is 11.4. The van der Waals surface area contributed by atoms with E-state index >= 15 is 0 Å². The molecule has 0 fully saturated rings. The van der Waals surface area contributed by atoms with Crippen molar-refractivity contribution in [2.45, 2.75) is 38.5 Å². The molecule has 17 heavy (non-hydrogen) atoms. The van der Waals surface area contributed by atoms with E-state index < -0.39 is 21.7 Å². The second-order valence-electron chi connectivity index (χ2n) is 3.93. The average Bonchev–Trinajstić information content (AvgIpc) is 2.15. The normalized spacial score (nSPS) is 11.3. The van der Waals surface area contributed by atoms with Crippen molar-refractivity contribution >= 4 is 21.7 Å². The summed E-state index contributed by atoms with van der Waals surface area (Å²) in [7, 11) is -3.13. The summed E-state index contributed by atoms with van der Waals surface area (Å²) in [5.74, 6) is -1.35. The van der Waals surface area contributed by atoms with Gasteiger partial charge in [0.25, 0.3) is 0 Å². The van der Waals surface area contributed by atoms with Crippen molar-refractivity contribution in [1.29, 1.82) is 0 Å². The monoisotopic (exact) mass is 265 g/mol. The van der Waals surface area contributed by atoms with Crippen LogP contribution in [0, 0.1) is 0 Å². The molecule has 0 rings (SSSR count). The number of hydrogen-bond donors (Lipinski definition) is 2. The van der Waals surface area contributed by atoms with E-state index in [1.54, 1.807) is 0 Å². The van der Waals surface area contributed by atoms with Gasteiger partial charge in [-0.05, 0) is 19.3 Å². The molecule has 0 aromatic rings. The van der Waals surface area contributed by atoms with Crippen molar-refractivity contribution in [3.8, 4) is 0 Å². The van der Waals surface area contributed by atoms with Crippen LogP contribution in [-0.2, 0) is 19.4 Å². The van der Waals surface area contributed by atoms with Crippen molar-refractivity contribution in [3.63, 3.8) is 0 Å². The molecule has 0 bridgehead atoms. The summed E-state index contributed by atoms with van der Waals surface area (Å²) in [4.78, 5) is 20.6. The zero-order valence-electron chi connectivity index (χ0n) is 9.72. The highest BCUT2D eigenvalue weighted by Crippen LogP contribution is 2.05. The summed E-state index contributed by atoms with van der Waals surface area (Å²) in [5.41, 5.74) is 4.90. The summed E-state index contributed by atoms with van der Waals surface area (Å²) in [6.07, 6.45) is 1.95. The molecule has 1 amide bonds. The number of sulfone groups is 1. The minimum absolute atomic E-state index is 0.0329. The van der Waals surface area contributed by atoms with Crippen LogP contribution >= 0.6 is 0 Å². The predicted molar refractivity (Wildman–Crippen MR) is 63.2 cm³/mol. The van der Waals surface area contributed by atoms with E-state index in [4.69, 9.17) is 10.8 Å². The van der Waals surface area contributed by atoms with E-state index in [-0.39, 0.29) is 30.8 Å². The van der Waals surface area contributed by atoms with Gasteiger partial charge in [0, 0.05) is 12.8 Å². The van der Waals surface area contributed by atoms with E-state index in [1.807, 2.05) is 0 Å². The number of rotatable bonds is 10. The van der Waals surface area contributed by atoms with Crippen LogP contribution in [0.3, 0.4) is 0 Å². The fourth-order valence-corrected chi connectivity index (χ4v) is 2.78. The van der Waals surface area contributed by atoms with E-state index in [2.05, 4.69) is 0 Å². The van der Waals surface area contributed by atoms with Gasteiger partial charge in [0.15, 0.2) is 0 Å². The van der Waals surface area contributed by atoms with Gasteiger partial charge in [-0.25, -0.2) is 8.42 Å². The van der Waals surface area contributed by atoms with Crippen molar-refractivity contribution in [2.24, 2.45) is 5.73 Å². The molecule has 0 aliphatic heterocycles. The Morgan fingerprint density at radius 3 is 2.06 bits per heavy atom. The van der Waals surface area contributed by atoms with Gasteiger partial charge in [0.2, 0.25) is 5.91 Å². The number of hydrogen-bond acceptors (Lipinski definition) is 4. The topological polar surface area (TPSA) is 115 Å². The Kier molecular flexibility index (Phi) is 7.53. The first-order valence-corrected chi connectivity index (χ1v) is 7.36. The Balaban J connectivity index is 3.64. The molecule has 0 aliphatic carbocycles. The number of carboxylic acids is 1. The van der Waals surface area contributed by atoms with E-state index in [0.717, 1.165) is 0 Å². The molecule has 100 valence electrons. The third kappa shape index (κ3) is 11.2. The Morgan fingerprint density at radius 1 is 0.941 bits per heavy atom. The van der Waals surface area contributed by atoms with Gasteiger partial charge in [-0.15, -0.1) is 0 Å². The molecule has 0 aromatic heterocycles. The number of carbonyl (C=O) groups is 2. The first-order chi connectivity index (χ1) is 7.83. The molecule has 0 aromatic carbocycles. The van der Waals surface area contributed by atoms with Crippen molar-refractivity contribution < 1.29 is 23.1 Å². The fourth-order valence-electron chi connectivity index (χ4n) is 1.34. The Hall–Kier alpha value is -1.11. The fraction of sp³-hybridized carbons (Fsp3) is 0.800. The molecular formula is C10H19NO5S. The van der Waals surface area contributed by atoms with Gasteiger partial charge in [-0.2, -0.15) is 0 Å². The lowest BCUT2D eigenvalue weighted by molar-refractivity contribution is -0.137. The number of primary amides is 1. The maximum Gasteiger partial charge on any atom is 0.303 e. The molecule has 3 N–H and O–H groups in total. The second-order valence-corrected chi connectivity index (χ2v) is 6.23. The van der Waals surface area contributed by atoms with E-state index in [9.17, 15) is 18.0 Å². The molecule has 7 heteroatoms. The molecule has 0 spiro atoms. The summed E-state index contributed by atoms with van der Waals surface area (Å²) in [6.45, 7) is 0. The molecule has 0 saturated heterocycles. The molecule has 0 heterocycles. The molecule has 0 saturated carbocycles. The molecular weight excluding hydrogens is 246 g/mol. The van der Waals surface area contributed by atoms with Crippen LogP contribution in [0.2, 0.25) is 0 Å². The van der Waals surface area contributed by atoms with Gasteiger partial charge in [0.1, 0.15) is 9.84 Å². The van der Waals surface area contributed by atoms with Crippen LogP contribution in [-0.4, -0.2) is 36.9 Å². The van der Waals surface area contributed by atoms with E-state index in [1.165, 1.54) is 0 Å². The standard InChI is InChI=1S/C10H19NO5S/c11-9(12)5-4-8-17(15,16)7-3-1-2-6-10(13)14/h1-8H2,(H2,11,12)(H,13,14). The van der Waals surface area contributed by atoms with Crippen LogP contribution in [0.25, 0.3) is 0 Å². The van der Waals surface area contributed by atoms with Crippen LogP contribution in [0.4, 0.5) is 0 Å². The lowest BCUT2D eigenvalue weighted by Gasteiger charge is -2.03. The number of carboxylic acid groups (broad SMARTS) is 1. The third-order valence-electron chi connectivity index (χ3n) is 2.22. The van der Waals surface area contributed by atoms with E-state index in [0.29, 0.717) is 19.3 Å². The zero-order chi connectivity index (χ0) is 13.3. The smallest absolute Gasteiger partial charge is 0.303 e. The largest absolute Gasteiger partial charge is 0.481 e. The van der Waals surface area contributed by atoms with Gasteiger partial charge < -0.3 is 10.8 Å². The van der Waals surface area contributed by atoms with Crippen LogP contribution < -0.4 is 5.73 Å². The maximum atomic E-state index is 11.4. The number of aliphatic carboxylic acids is 1. The Labute approximate surface area is 101 Å². The number of unbranched alkanes of at least 4 members (excludes halogenated alkanes) is 2. The van der Waals surface area contributed by atoms with Crippen LogP contribution in [0.5, 0.6) is 0 Å². The highest BCUT2D eigenvalue weighted by molar-refractivity contribution is 7.91. The SMILES string of the molecule is NC(=O)CCCS(=O)(=O)CCCCCC(=O)O. The zero-order valence-corrected chi connectivity index (χ0v) is 10.5. The minimum atomic E-state index is -3.13. The molecule has 6 nitrogen and oxygen atoms in total. The molecule has 0 atom stereocenters. The lowest BCUT2D eigenvalue weighted by atomic mass is 10.2. The average molecular weight is 265 g/mol. The van der Waals surface area contributed by atoms with Crippen molar-refractivity contribution in [1.82, 2.24) is 0 Å². The second kappa shape index (κ2) is 8.05. The molecule has 0 unspecified atom stereocenters. The minimum Gasteiger partial charge on any atom is -0.481 e. The summed E-state index contributed by atoms with van der Waals surface area (Å²) < 4.78 is 22.9. The van der Waals surface area contributed by atoms with Gasteiger partial charge >= 0.3 is 5.97 Å². The summed E-state index contributed by atoms with van der Waals surface area (Å²) in [6, 6.07) is 0.